The van der Waals surface area contributed by atoms with E-state index >= 15 is 0 Å². The molecule has 0 fully saturated rings. The van der Waals surface area contributed by atoms with Gasteiger partial charge >= 0.3 is 0 Å². The molecule has 0 aliphatic heterocycles. The van der Waals surface area contributed by atoms with Crippen LogP contribution >= 0.6 is 0 Å². The number of benzene rings is 1. The lowest BCUT2D eigenvalue weighted by atomic mass is 9.70. The van der Waals surface area contributed by atoms with Gasteiger partial charge in [-0.1, -0.05) is 47.6 Å². The standard InChI is InChI=1S/C19H16O2/c1-10-7-8-12-11(2)17-16(9-15(10)12)18(20)13-5-3-4-6-14(13)19(17)21/h3-7,9,12,15H,8H2,1-2H3. The van der Waals surface area contributed by atoms with Crippen LogP contribution in [-0.2, 0) is 0 Å². The molecule has 21 heavy (non-hydrogen) atoms. The van der Waals surface area contributed by atoms with Gasteiger partial charge in [0.15, 0.2) is 11.6 Å². The Balaban J connectivity index is 1.98. The van der Waals surface area contributed by atoms with E-state index in [9.17, 15) is 9.59 Å². The Labute approximate surface area is 123 Å². The minimum absolute atomic E-state index is 0.00213. The van der Waals surface area contributed by atoms with Crippen LogP contribution in [0.15, 0.2) is 58.7 Å². The summed E-state index contributed by atoms with van der Waals surface area (Å²) in [4.78, 5) is 25.6. The van der Waals surface area contributed by atoms with Crippen LogP contribution in [0.25, 0.3) is 0 Å². The molecule has 104 valence electrons. The van der Waals surface area contributed by atoms with Crippen LogP contribution in [0.1, 0.15) is 41.0 Å². The van der Waals surface area contributed by atoms with Gasteiger partial charge in [-0.3, -0.25) is 9.59 Å². The Morgan fingerprint density at radius 3 is 2.38 bits per heavy atom. The molecule has 0 spiro atoms. The molecule has 4 rings (SSSR count). The Morgan fingerprint density at radius 2 is 1.67 bits per heavy atom. The molecule has 2 nitrogen and oxygen atoms in total. The zero-order chi connectivity index (χ0) is 14.7. The molecule has 0 saturated carbocycles. The van der Waals surface area contributed by atoms with Gasteiger partial charge in [0.1, 0.15) is 0 Å². The highest BCUT2D eigenvalue weighted by atomic mass is 16.1. The van der Waals surface area contributed by atoms with E-state index in [0.717, 1.165) is 12.0 Å². The summed E-state index contributed by atoms with van der Waals surface area (Å²) in [5, 5.41) is 0. The Morgan fingerprint density at radius 1 is 1.00 bits per heavy atom. The van der Waals surface area contributed by atoms with Crippen LogP contribution in [-0.4, -0.2) is 11.6 Å². The highest BCUT2D eigenvalue weighted by Gasteiger charge is 2.41. The molecule has 0 heterocycles. The summed E-state index contributed by atoms with van der Waals surface area (Å²) in [6.07, 6.45) is 5.23. The first-order chi connectivity index (χ1) is 10.1. The summed E-state index contributed by atoms with van der Waals surface area (Å²) in [5.41, 5.74) is 4.76. The van der Waals surface area contributed by atoms with E-state index in [1.54, 1.807) is 12.1 Å². The van der Waals surface area contributed by atoms with Gasteiger partial charge in [0.05, 0.1) is 0 Å². The van der Waals surface area contributed by atoms with Gasteiger partial charge < -0.3 is 0 Å². The number of Topliss-reactive ketones (excluding diaryl/α,β-unsaturated/α-hetero) is 2. The SMILES string of the molecule is CC1=CCC2C(C)=C3C(=O)c4ccccc4C(=O)C3=CC12. The van der Waals surface area contributed by atoms with E-state index in [0.29, 0.717) is 28.2 Å². The highest BCUT2D eigenvalue weighted by molar-refractivity contribution is 6.31. The maximum Gasteiger partial charge on any atom is 0.194 e. The Hall–Kier alpha value is -2.22. The van der Waals surface area contributed by atoms with Gasteiger partial charge in [-0.25, -0.2) is 0 Å². The van der Waals surface area contributed by atoms with Crippen molar-refractivity contribution in [3.63, 3.8) is 0 Å². The number of ketones is 2. The number of hydrogen-bond donors (Lipinski definition) is 0. The third-order valence-corrected chi connectivity index (χ3v) is 5.11. The maximum atomic E-state index is 12.8. The fourth-order valence-electron chi connectivity index (χ4n) is 3.92. The molecule has 0 amide bonds. The van der Waals surface area contributed by atoms with Crippen molar-refractivity contribution < 1.29 is 9.59 Å². The first kappa shape index (κ1) is 12.5. The summed E-state index contributed by atoms with van der Waals surface area (Å²) in [6.45, 7) is 4.13. The van der Waals surface area contributed by atoms with E-state index in [-0.39, 0.29) is 17.5 Å². The molecule has 1 aromatic rings. The van der Waals surface area contributed by atoms with Gasteiger partial charge in [0.2, 0.25) is 0 Å². The fourth-order valence-corrected chi connectivity index (χ4v) is 3.92. The van der Waals surface area contributed by atoms with Gasteiger partial charge in [0.25, 0.3) is 0 Å². The first-order valence-electron chi connectivity index (χ1n) is 7.37. The Kier molecular flexibility index (Phi) is 2.47. The van der Waals surface area contributed by atoms with Gasteiger partial charge in [-0.15, -0.1) is 0 Å². The van der Waals surface area contributed by atoms with Crippen LogP contribution in [0.3, 0.4) is 0 Å². The van der Waals surface area contributed by atoms with Crippen molar-refractivity contribution in [2.75, 3.05) is 0 Å². The molecule has 2 heteroatoms. The fraction of sp³-hybridized carbons (Fsp3) is 0.263. The summed E-state index contributed by atoms with van der Waals surface area (Å²) < 4.78 is 0. The second-order valence-corrected chi connectivity index (χ2v) is 6.16. The molecule has 2 atom stereocenters. The summed E-state index contributed by atoms with van der Waals surface area (Å²) in [6, 6.07) is 7.16. The van der Waals surface area contributed by atoms with Crippen LogP contribution < -0.4 is 0 Å². The number of hydrogen-bond acceptors (Lipinski definition) is 2. The third kappa shape index (κ3) is 1.53. The van der Waals surface area contributed by atoms with Crippen molar-refractivity contribution in [3.05, 3.63) is 69.8 Å². The zero-order valence-corrected chi connectivity index (χ0v) is 12.1. The summed E-state index contributed by atoms with van der Waals surface area (Å²) >= 11 is 0. The summed E-state index contributed by atoms with van der Waals surface area (Å²) in [5.74, 6) is 0.645. The monoisotopic (exact) mass is 276 g/mol. The van der Waals surface area contributed by atoms with Gasteiger partial charge in [-0.2, -0.15) is 0 Å². The smallest absolute Gasteiger partial charge is 0.194 e. The minimum Gasteiger partial charge on any atom is -0.289 e. The highest BCUT2D eigenvalue weighted by Crippen LogP contribution is 2.46. The van der Waals surface area contributed by atoms with Crippen molar-refractivity contribution >= 4 is 11.6 Å². The van der Waals surface area contributed by atoms with Crippen molar-refractivity contribution in [1.29, 1.82) is 0 Å². The van der Waals surface area contributed by atoms with E-state index in [1.165, 1.54) is 5.57 Å². The molecular weight excluding hydrogens is 260 g/mol. The molecule has 3 aliphatic carbocycles. The van der Waals surface area contributed by atoms with E-state index in [4.69, 9.17) is 0 Å². The molecule has 1 aromatic carbocycles. The summed E-state index contributed by atoms with van der Waals surface area (Å²) in [7, 11) is 0. The molecule has 2 unspecified atom stereocenters. The first-order valence-corrected chi connectivity index (χ1v) is 7.37. The van der Waals surface area contributed by atoms with Crippen molar-refractivity contribution in [2.45, 2.75) is 20.3 Å². The average Bonchev–Trinajstić information content (AvgIpc) is 2.87. The van der Waals surface area contributed by atoms with E-state index in [1.807, 2.05) is 25.1 Å². The van der Waals surface area contributed by atoms with Crippen molar-refractivity contribution in [1.82, 2.24) is 0 Å². The number of allylic oxidation sites excluding steroid dienone is 6. The molecule has 0 radical (unpaired) electrons. The van der Waals surface area contributed by atoms with Crippen molar-refractivity contribution in [2.24, 2.45) is 11.8 Å². The van der Waals surface area contributed by atoms with E-state index < -0.39 is 0 Å². The quantitative estimate of drug-likeness (QED) is 0.673. The van der Waals surface area contributed by atoms with Crippen LogP contribution in [0.5, 0.6) is 0 Å². The molecule has 3 aliphatic rings. The topological polar surface area (TPSA) is 34.1 Å². The normalized spacial score (nSPS) is 27.0. The van der Waals surface area contributed by atoms with Crippen LogP contribution in [0.4, 0.5) is 0 Å². The number of carbonyl (C=O) groups is 2. The number of rotatable bonds is 0. The second-order valence-electron chi connectivity index (χ2n) is 6.16. The lowest BCUT2D eigenvalue weighted by Crippen LogP contribution is -2.29. The predicted molar refractivity (Wildman–Crippen MR) is 81.2 cm³/mol. The van der Waals surface area contributed by atoms with Gasteiger partial charge in [0, 0.05) is 28.2 Å². The molecular formula is C19H16O2. The molecule has 0 N–H and O–H groups in total. The minimum atomic E-state index is -0.00213. The lowest BCUT2D eigenvalue weighted by Gasteiger charge is -2.31. The second kappa shape index (κ2) is 4.14. The van der Waals surface area contributed by atoms with Gasteiger partial charge in [-0.05, 0) is 26.2 Å². The maximum absolute atomic E-state index is 12.8. The molecule has 0 saturated heterocycles. The number of fused-ring (bicyclic) bond motifs is 3. The van der Waals surface area contributed by atoms with Crippen LogP contribution in [0.2, 0.25) is 0 Å². The van der Waals surface area contributed by atoms with Crippen LogP contribution in [0, 0.1) is 11.8 Å². The average molecular weight is 276 g/mol. The lowest BCUT2D eigenvalue weighted by molar-refractivity contribution is 0.0968. The molecule has 0 aromatic heterocycles. The largest absolute Gasteiger partial charge is 0.289 e. The van der Waals surface area contributed by atoms with E-state index in [2.05, 4.69) is 13.0 Å². The Bertz CT molecular complexity index is 790. The zero-order valence-electron chi connectivity index (χ0n) is 12.1. The number of carbonyl (C=O) groups excluding carboxylic acids is 2. The van der Waals surface area contributed by atoms with Crippen molar-refractivity contribution in [3.8, 4) is 0 Å². The third-order valence-electron chi connectivity index (χ3n) is 5.11. The molecule has 0 bridgehead atoms. The predicted octanol–water partition coefficient (Wildman–Crippen LogP) is 3.90.